The Morgan fingerprint density at radius 1 is 1.15 bits per heavy atom. The molecule has 0 saturated heterocycles. The van der Waals surface area contributed by atoms with Crippen LogP contribution in [0.15, 0.2) is 41.2 Å². The van der Waals surface area contributed by atoms with Crippen molar-refractivity contribution in [3.8, 4) is 11.3 Å². The van der Waals surface area contributed by atoms with E-state index in [0.29, 0.717) is 5.69 Å². The van der Waals surface area contributed by atoms with Gasteiger partial charge in [0.25, 0.3) is 0 Å². The molecule has 0 unspecified atom stereocenters. The Hall–Kier alpha value is -2.82. The number of carboxylic acid groups (broad SMARTS) is 1. The van der Waals surface area contributed by atoms with Crippen LogP contribution in [0.2, 0.25) is 0 Å². The van der Waals surface area contributed by atoms with Crippen LogP contribution in [-0.2, 0) is 0 Å². The number of para-hydroxylation sites is 1. The first kappa shape index (κ1) is 12.2. The van der Waals surface area contributed by atoms with Gasteiger partial charge in [0.2, 0.25) is 5.56 Å². The molecule has 0 amide bonds. The summed E-state index contributed by atoms with van der Waals surface area (Å²) in [5, 5.41) is 10.0. The molecular formula is C15H12N2O3. The summed E-state index contributed by atoms with van der Waals surface area (Å²) < 4.78 is 0. The van der Waals surface area contributed by atoms with Crippen molar-refractivity contribution in [2.24, 2.45) is 0 Å². The number of aromatic carboxylic acids is 1. The number of aromatic nitrogens is 2. The van der Waals surface area contributed by atoms with Gasteiger partial charge in [0, 0.05) is 28.2 Å². The van der Waals surface area contributed by atoms with Crippen LogP contribution in [0.3, 0.4) is 0 Å². The monoisotopic (exact) mass is 268 g/mol. The van der Waals surface area contributed by atoms with Gasteiger partial charge in [-0.3, -0.25) is 4.79 Å². The molecule has 5 nitrogen and oxygen atoms in total. The van der Waals surface area contributed by atoms with E-state index in [1.54, 1.807) is 0 Å². The minimum Gasteiger partial charge on any atom is -0.478 e. The average molecular weight is 268 g/mol. The van der Waals surface area contributed by atoms with Crippen molar-refractivity contribution in [1.29, 1.82) is 0 Å². The second-order valence-corrected chi connectivity index (χ2v) is 4.62. The van der Waals surface area contributed by atoms with Gasteiger partial charge in [0.1, 0.15) is 0 Å². The van der Waals surface area contributed by atoms with Crippen molar-refractivity contribution in [2.45, 2.75) is 6.92 Å². The highest BCUT2D eigenvalue weighted by Crippen LogP contribution is 2.30. The van der Waals surface area contributed by atoms with E-state index >= 15 is 0 Å². The topological polar surface area (TPSA) is 85.9 Å². The molecule has 0 fully saturated rings. The van der Waals surface area contributed by atoms with Gasteiger partial charge in [-0.25, -0.2) is 4.79 Å². The third kappa shape index (κ3) is 1.89. The minimum absolute atomic E-state index is 0.0200. The Morgan fingerprint density at radius 3 is 2.65 bits per heavy atom. The van der Waals surface area contributed by atoms with Crippen LogP contribution in [-0.4, -0.2) is 21.0 Å². The highest BCUT2D eigenvalue weighted by Gasteiger charge is 2.13. The smallest absolute Gasteiger partial charge is 0.335 e. The van der Waals surface area contributed by atoms with E-state index in [2.05, 4.69) is 9.97 Å². The van der Waals surface area contributed by atoms with E-state index in [1.165, 1.54) is 6.07 Å². The van der Waals surface area contributed by atoms with Crippen LogP contribution < -0.4 is 5.56 Å². The van der Waals surface area contributed by atoms with Crippen LogP contribution in [0.4, 0.5) is 0 Å². The molecule has 0 spiro atoms. The van der Waals surface area contributed by atoms with Crippen molar-refractivity contribution >= 4 is 16.9 Å². The number of carboxylic acids is 1. The summed E-state index contributed by atoms with van der Waals surface area (Å²) in [6, 6.07) is 10.2. The molecule has 5 heteroatoms. The highest BCUT2D eigenvalue weighted by atomic mass is 16.4. The molecule has 3 N–H and O–H groups in total. The van der Waals surface area contributed by atoms with Crippen molar-refractivity contribution < 1.29 is 9.90 Å². The number of hydrogen-bond donors (Lipinski definition) is 3. The van der Waals surface area contributed by atoms with Gasteiger partial charge < -0.3 is 15.1 Å². The number of aromatic amines is 2. The fourth-order valence-corrected chi connectivity index (χ4v) is 2.43. The first-order valence-electron chi connectivity index (χ1n) is 6.11. The second-order valence-electron chi connectivity index (χ2n) is 4.62. The molecule has 0 aliphatic carbocycles. The maximum absolute atomic E-state index is 11.6. The molecule has 3 aromatic rings. The Kier molecular flexibility index (Phi) is 2.68. The molecule has 0 radical (unpaired) electrons. The number of fused-ring (bicyclic) bond motifs is 1. The van der Waals surface area contributed by atoms with Gasteiger partial charge in [0.05, 0.1) is 11.3 Å². The Labute approximate surface area is 113 Å². The quantitative estimate of drug-likeness (QED) is 0.667. The molecule has 2 aromatic heterocycles. The molecule has 2 heterocycles. The predicted molar refractivity (Wildman–Crippen MR) is 76.1 cm³/mol. The van der Waals surface area contributed by atoms with Gasteiger partial charge in [-0.15, -0.1) is 0 Å². The molecule has 3 rings (SSSR count). The lowest BCUT2D eigenvalue weighted by Gasteiger charge is -2.03. The van der Waals surface area contributed by atoms with E-state index in [9.17, 15) is 9.59 Å². The number of carbonyl (C=O) groups is 1. The van der Waals surface area contributed by atoms with Crippen LogP contribution in [0.1, 0.15) is 16.1 Å². The molecule has 0 saturated carbocycles. The molecular weight excluding hydrogens is 256 g/mol. The van der Waals surface area contributed by atoms with E-state index < -0.39 is 11.5 Å². The summed E-state index contributed by atoms with van der Waals surface area (Å²) in [5.41, 5.74) is 2.70. The fourth-order valence-electron chi connectivity index (χ4n) is 2.43. The van der Waals surface area contributed by atoms with Crippen molar-refractivity contribution in [3.05, 3.63) is 58.0 Å². The molecule has 0 aliphatic heterocycles. The minimum atomic E-state index is -1.12. The zero-order valence-electron chi connectivity index (χ0n) is 10.7. The molecule has 100 valence electrons. The summed E-state index contributed by atoms with van der Waals surface area (Å²) in [6.07, 6.45) is 0. The summed E-state index contributed by atoms with van der Waals surface area (Å²) in [7, 11) is 0. The SMILES string of the molecule is Cc1[nH]c2ccccc2c1-c1cc(C(=O)O)cc(=O)[nH]1. The number of pyridine rings is 1. The van der Waals surface area contributed by atoms with E-state index in [1.807, 2.05) is 31.2 Å². The van der Waals surface area contributed by atoms with E-state index in [0.717, 1.165) is 28.2 Å². The number of benzene rings is 1. The van der Waals surface area contributed by atoms with Crippen LogP contribution in [0, 0.1) is 6.92 Å². The molecule has 0 bridgehead atoms. The molecule has 0 atom stereocenters. The number of aryl methyl sites for hydroxylation is 1. The van der Waals surface area contributed by atoms with E-state index in [-0.39, 0.29) is 5.56 Å². The first-order valence-corrected chi connectivity index (χ1v) is 6.11. The predicted octanol–water partition coefficient (Wildman–Crippen LogP) is 2.53. The van der Waals surface area contributed by atoms with Gasteiger partial charge in [-0.2, -0.15) is 0 Å². The largest absolute Gasteiger partial charge is 0.478 e. The van der Waals surface area contributed by atoms with Crippen LogP contribution in [0.25, 0.3) is 22.2 Å². The van der Waals surface area contributed by atoms with Gasteiger partial charge in [-0.05, 0) is 19.1 Å². The average Bonchev–Trinajstić information content (AvgIpc) is 2.73. The zero-order valence-corrected chi connectivity index (χ0v) is 10.7. The van der Waals surface area contributed by atoms with E-state index in [4.69, 9.17) is 5.11 Å². The van der Waals surface area contributed by atoms with Crippen LogP contribution in [0.5, 0.6) is 0 Å². The number of nitrogens with one attached hydrogen (secondary N) is 2. The Morgan fingerprint density at radius 2 is 1.90 bits per heavy atom. The van der Waals surface area contributed by atoms with Crippen molar-refractivity contribution in [2.75, 3.05) is 0 Å². The Bertz CT molecular complexity index is 874. The third-order valence-corrected chi connectivity index (χ3v) is 3.25. The maximum atomic E-state index is 11.6. The zero-order chi connectivity index (χ0) is 14.3. The van der Waals surface area contributed by atoms with Gasteiger partial charge in [0.15, 0.2) is 0 Å². The standard InChI is InChI=1S/C15H12N2O3/c1-8-14(10-4-2-3-5-11(10)16-8)12-6-9(15(19)20)7-13(18)17-12/h2-7,16H,1H3,(H,17,18)(H,19,20). The summed E-state index contributed by atoms with van der Waals surface area (Å²) in [4.78, 5) is 28.6. The summed E-state index contributed by atoms with van der Waals surface area (Å²) in [6.45, 7) is 1.89. The molecule has 1 aromatic carbocycles. The van der Waals surface area contributed by atoms with Gasteiger partial charge >= 0.3 is 5.97 Å². The fraction of sp³-hybridized carbons (Fsp3) is 0.0667. The number of H-pyrrole nitrogens is 2. The number of rotatable bonds is 2. The third-order valence-electron chi connectivity index (χ3n) is 3.25. The molecule has 0 aliphatic rings. The lowest BCUT2D eigenvalue weighted by atomic mass is 10.1. The second kappa shape index (κ2) is 4.38. The lowest BCUT2D eigenvalue weighted by Crippen LogP contribution is -2.10. The van der Waals surface area contributed by atoms with Gasteiger partial charge in [-0.1, -0.05) is 18.2 Å². The highest BCUT2D eigenvalue weighted by molar-refractivity contribution is 5.97. The number of hydrogen-bond acceptors (Lipinski definition) is 2. The maximum Gasteiger partial charge on any atom is 0.335 e. The molecule has 20 heavy (non-hydrogen) atoms. The first-order chi connectivity index (χ1) is 9.56. The summed E-state index contributed by atoms with van der Waals surface area (Å²) in [5.74, 6) is -1.12. The normalized spacial score (nSPS) is 10.8. The summed E-state index contributed by atoms with van der Waals surface area (Å²) >= 11 is 0. The lowest BCUT2D eigenvalue weighted by molar-refractivity contribution is 0.0696. The Balaban J connectivity index is 2.33. The van der Waals surface area contributed by atoms with Crippen molar-refractivity contribution in [1.82, 2.24) is 9.97 Å². The van der Waals surface area contributed by atoms with Crippen molar-refractivity contribution in [3.63, 3.8) is 0 Å². The van der Waals surface area contributed by atoms with Crippen LogP contribution >= 0.6 is 0 Å².